The predicted molar refractivity (Wildman–Crippen MR) is 155 cm³/mol. The van der Waals surface area contributed by atoms with Crippen LogP contribution in [0.5, 0.6) is 17.2 Å². The average Bonchev–Trinajstić information content (AvgIpc) is 2.96. The first kappa shape index (κ1) is 28.8. The number of carbonyl (C=O) groups excluding carboxylic acids is 1. The summed E-state index contributed by atoms with van der Waals surface area (Å²) in [5, 5.41) is 3.30. The maximum atomic E-state index is 15.0. The second-order valence-corrected chi connectivity index (χ2v) is 9.57. The number of anilines is 1. The van der Waals surface area contributed by atoms with Crippen molar-refractivity contribution < 1.29 is 23.4 Å². The summed E-state index contributed by atoms with van der Waals surface area (Å²) in [6.07, 6.45) is 5.72. The minimum Gasteiger partial charge on any atom is -0.496 e. The van der Waals surface area contributed by atoms with E-state index in [4.69, 9.17) is 19.9 Å². The lowest BCUT2D eigenvalue weighted by molar-refractivity contribution is -0.113. The van der Waals surface area contributed by atoms with Gasteiger partial charge in [-0.15, -0.1) is 0 Å². The van der Waals surface area contributed by atoms with Gasteiger partial charge in [0.15, 0.2) is 5.76 Å². The molecule has 4 rings (SSSR count). The Bertz CT molecular complexity index is 1420. The van der Waals surface area contributed by atoms with Crippen LogP contribution in [-0.2, 0) is 16.0 Å². The van der Waals surface area contributed by atoms with Crippen LogP contribution in [0, 0.1) is 5.82 Å². The fourth-order valence-electron chi connectivity index (χ4n) is 4.49. The van der Waals surface area contributed by atoms with Crippen LogP contribution in [-0.4, -0.2) is 61.9 Å². The number of ether oxygens (including phenoxy) is 3. The minimum absolute atomic E-state index is 0.0407. The van der Waals surface area contributed by atoms with Crippen molar-refractivity contribution in [3.63, 3.8) is 0 Å². The molecule has 2 heterocycles. The van der Waals surface area contributed by atoms with E-state index in [0.29, 0.717) is 17.9 Å². The molecule has 3 aromatic rings. The summed E-state index contributed by atoms with van der Waals surface area (Å²) >= 11 is 0. The van der Waals surface area contributed by atoms with Crippen molar-refractivity contribution in [1.29, 1.82) is 0 Å². The van der Waals surface area contributed by atoms with Crippen LogP contribution in [0.15, 0.2) is 59.0 Å². The standard InChI is InChI=1S/C30H36FN5O4/c1-5-19-15-22-25(17-27(19)38-4)33-12-9-26(22)40-21-7-8-24(23(31)16-21)35-30(37)29(32)28(39-6-2)18-34-20-10-13-36(3)14-11-20/h7-9,12,15-18,20H,5-6,10-11,13-14,32H2,1-4H3,(H,35,37). The van der Waals surface area contributed by atoms with E-state index in [1.54, 1.807) is 32.4 Å². The van der Waals surface area contributed by atoms with Gasteiger partial charge in [-0.2, -0.15) is 0 Å². The highest BCUT2D eigenvalue weighted by molar-refractivity contribution is 6.06. The van der Waals surface area contributed by atoms with Gasteiger partial charge < -0.3 is 30.2 Å². The van der Waals surface area contributed by atoms with Gasteiger partial charge in [0.1, 0.15) is 28.8 Å². The number of nitrogens with zero attached hydrogens (tertiary/aromatic N) is 3. The van der Waals surface area contributed by atoms with Crippen LogP contribution in [0.3, 0.4) is 0 Å². The SMILES string of the molecule is CCOC(C=NC1CCN(C)CC1)=C(N)C(=O)Nc1ccc(Oc2ccnc3cc(OC)c(CC)cc23)cc1F. The van der Waals surface area contributed by atoms with Crippen molar-refractivity contribution in [2.24, 2.45) is 10.7 Å². The molecule has 9 nitrogen and oxygen atoms in total. The number of fused-ring (bicyclic) bond motifs is 1. The van der Waals surface area contributed by atoms with Crippen LogP contribution < -0.4 is 20.5 Å². The second-order valence-electron chi connectivity index (χ2n) is 9.57. The zero-order valence-electron chi connectivity index (χ0n) is 23.4. The Balaban J connectivity index is 1.50. The normalized spacial score (nSPS) is 15.2. The third kappa shape index (κ3) is 6.87. The quantitative estimate of drug-likeness (QED) is 0.207. The molecule has 0 aliphatic carbocycles. The van der Waals surface area contributed by atoms with Crippen LogP contribution >= 0.6 is 0 Å². The molecule has 0 bridgehead atoms. The molecule has 1 fully saturated rings. The summed E-state index contributed by atoms with van der Waals surface area (Å²) in [5.74, 6) is 0.334. The molecule has 1 amide bonds. The number of piperidine rings is 1. The minimum atomic E-state index is -0.688. The zero-order chi connectivity index (χ0) is 28.6. The molecular formula is C30H36FN5O4. The molecule has 0 saturated carbocycles. The van der Waals surface area contributed by atoms with Gasteiger partial charge in [0, 0.05) is 23.7 Å². The molecule has 1 aliphatic heterocycles. The van der Waals surface area contributed by atoms with Crippen LogP contribution in [0.25, 0.3) is 10.9 Å². The van der Waals surface area contributed by atoms with Crippen LogP contribution in [0.1, 0.15) is 32.3 Å². The predicted octanol–water partition coefficient (Wildman–Crippen LogP) is 5.05. The first-order valence-corrected chi connectivity index (χ1v) is 13.4. The van der Waals surface area contributed by atoms with Crippen molar-refractivity contribution in [2.45, 2.75) is 39.2 Å². The number of aryl methyl sites for hydroxylation is 1. The number of allylic oxidation sites excluding steroid dienone is 1. The third-order valence-electron chi connectivity index (χ3n) is 6.80. The Morgan fingerprint density at radius 1 is 1.20 bits per heavy atom. The Kier molecular flexibility index (Phi) is 9.55. The third-order valence-corrected chi connectivity index (χ3v) is 6.80. The lowest BCUT2D eigenvalue weighted by atomic mass is 10.1. The Morgan fingerprint density at radius 3 is 2.65 bits per heavy atom. The number of methoxy groups -OCH3 is 1. The van der Waals surface area contributed by atoms with E-state index < -0.39 is 11.7 Å². The molecule has 0 unspecified atom stereocenters. The van der Waals surface area contributed by atoms with Crippen molar-refractivity contribution in [2.75, 3.05) is 39.2 Å². The summed E-state index contributed by atoms with van der Waals surface area (Å²) in [6.45, 7) is 6.04. The summed E-state index contributed by atoms with van der Waals surface area (Å²) < 4.78 is 32.1. The number of hydrogen-bond donors (Lipinski definition) is 2. The monoisotopic (exact) mass is 549 g/mol. The van der Waals surface area contributed by atoms with E-state index in [1.165, 1.54) is 18.3 Å². The van der Waals surface area contributed by atoms with E-state index in [2.05, 4.69) is 27.2 Å². The summed E-state index contributed by atoms with van der Waals surface area (Å²) in [5.41, 5.74) is 7.58. The summed E-state index contributed by atoms with van der Waals surface area (Å²) in [7, 11) is 3.70. The highest BCUT2D eigenvalue weighted by Crippen LogP contribution is 2.34. The molecule has 212 valence electrons. The molecule has 0 radical (unpaired) electrons. The Labute approximate surface area is 233 Å². The van der Waals surface area contributed by atoms with Crippen molar-refractivity contribution >= 4 is 28.7 Å². The number of pyridine rings is 1. The van der Waals surface area contributed by atoms with Gasteiger partial charge in [0.05, 0.1) is 37.2 Å². The molecule has 10 heteroatoms. The number of hydrogen-bond acceptors (Lipinski definition) is 8. The second kappa shape index (κ2) is 13.3. The van der Waals surface area contributed by atoms with Gasteiger partial charge in [-0.3, -0.25) is 14.8 Å². The molecule has 0 atom stereocenters. The average molecular weight is 550 g/mol. The fourth-order valence-corrected chi connectivity index (χ4v) is 4.49. The van der Waals surface area contributed by atoms with Gasteiger partial charge in [0.2, 0.25) is 0 Å². The summed E-state index contributed by atoms with van der Waals surface area (Å²) in [6, 6.07) is 9.87. The van der Waals surface area contributed by atoms with Crippen molar-refractivity contribution in [1.82, 2.24) is 9.88 Å². The number of benzene rings is 2. The van der Waals surface area contributed by atoms with Crippen molar-refractivity contribution in [3.05, 3.63) is 65.4 Å². The van der Waals surface area contributed by atoms with Crippen LogP contribution in [0.2, 0.25) is 0 Å². The smallest absolute Gasteiger partial charge is 0.275 e. The lowest BCUT2D eigenvalue weighted by Gasteiger charge is -2.26. The number of halogens is 1. The number of nitrogens with one attached hydrogen (secondary N) is 1. The zero-order valence-corrected chi connectivity index (χ0v) is 23.4. The highest BCUT2D eigenvalue weighted by Gasteiger charge is 2.18. The Morgan fingerprint density at radius 2 is 1.98 bits per heavy atom. The highest BCUT2D eigenvalue weighted by atomic mass is 19.1. The number of likely N-dealkylation sites (tertiary alicyclic amines) is 1. The molecule has 1 saturated heterocycles. The molecule has 2 aromatic carbocycles. The molecule has 1 aliphatic rings. The first-order valence-electron chi connectivity index (χ1n) is 13.4. The maximum absolute atomic E-state index is 15.0. The van der Waals surface area contributed by atoms with E-state index in [9.17, 15) is 4.79 Å². The fraction of sp³-hybridized carbons (Fsp3) is 0.367. The molecule has 1 aromatic heterocycles. The van der Waals surface area contributed by atoms with Gasteiger partial charge >= 0.3 is 0 Å². The van der Waals surface area contributed by atoms with E-state index in [-0.39, 0.29) is 28.9 Å². The maximum Gasteiger partial charge on any atom is 0.275 e. The molecular weight excluding hydrogens is 513 g/mol. The van der Waals surface area contributed by atoms with Gasteiger partial charge in [-0.25, -0.2) is 4.39 Å². The first-order chi connectivity index (χ1) is 19.3. The number of amides is 1. The van der Waals surface area contributed by atoms with Crippen molar-refractivity contribution in [3.8, 4) is 17.2 Å². The van der Waals surface area contributed by atoms with Gasteiger partial charge in [0.25, 0.3) is 5.91 Å². The van der Waals surface area contributed by atoms with Crippen LogP contribution in [0.4, 0.5) is 10.1 Å². The number of aromatic nitrogens is 1. The summed E-state index contributed by atoms with van der Waals surface area (Å²) in [4.78, 5) is 24.1. The Hall–Kier alpha value is -4.18. The lowest BCUT2D eigenvalue weighted by Crippen LogP contribution is -2.32. The van der Waals surface area contributed by atoms with E-state index in [1.807, 2.05) is 19.1 Å². The number of aliphatic imine (C=N–C) groups is 1. The largest absolute Gasteiger partial charge is 0.496 e. The van der Waals surface area contributed by atoms with E-state index >= 15 is 4.39 Å². The molecule has 0 spiro atoms. The molecule has 40 heavy (non-hydrogen) atoms. The topological polar surface area (TPSA) is 111 Å². The van der Waals surface area contributed by atoms with E-state index in [0.717, 1.165) is 49.1 Å². The number of nitrogens with two attached hydrogens (primary N) is 1. The molecule has 3 N–H and O–H groups in total. The number of rotatable bonds is 10. The van der Waals surface area contributed by atoms with Gasteiger partial charge in [-0.05, 0) is 76.2 Å². The number of carbonyl (C=O) groups is 1. The van der Waals surface area contributed by atoms with Gasteiger partial charge in [-0.1, -0.05) is 6.92 Å².